The van der Waals surface area contributed by atoms with E-state index in [1.54, 1.807) is 10.9 Å². The normalized spacial score (nSPS) is 17.3. The molecule has 0 radical (unpaired) electrons. The highest BCUT2D eigenvalue weighted by molar-refractivity contribution is 5.93. The zero-order valence-electron chi connectivity index (χ0n) is 22.0. The molecule has 1 fully saturated rings. The van der Waals surface area contributed by atoms with Gasteiger partial charge >= 0.3 is 12.2 Å². The number of halogens is 3. The Morgan fingerprint density at radius 3 is 2.23 bits per heavy atom. The number of aromatic nitrogens is 4. The van der Waals surface area contributed by atoms with E-state index < -0.39 is 11.7 Å². The largest absolute Gasteiger partial charge is 0.419 e. The van der Waals surface area contributed by atoms with E-state index in [0.717, 1.165) is 34.8 Å². The first-order chi connectivity index (χ1) is 19.3. The highest BCUT2D eigenvalue weighted by atomic mass is 19.4. The van der Waals surface area contributed by atoms with E-state index in [4.69, 9.17) is 0 Å². The maximum Gasteiger partial charge on any atom is 0.419 e. The molecule has 0 bridgehead atoms. The van der Waals surface area contributed by atoms with Crippen LogP contribution in [0.1, 0.15) is 36.8 Å². The van der Waals surface area contributed by atoms with Crippen LogP contribution in [0.2, 0.25) is 0 Å². The van der Waals surface area contributed by atoms with Gasteiger partial charge in [-0.25, -0.2) is 14.8 Å². The van der Waals surface area contributed by atoms with Crippen molar-refractivity contribution in [2.45, 2.75) is 50.5 Å². The van der Waals surface area contributed by atoms with Crippen LogP contribution in [0.3, 0.4) is 0 Å². The van der Waals surface area contributed by atoms with Gasteiger partial charge in [0.1, 0.15) is 0 Å². The van der Waals surface area contributed by atoms with E-state index in [1.807, 2.05) is 72.7 Å². The molecule has 2 heterocycles. The lowest BCUT2D eigenvalue weighted by atomic mass is 9.90. The van der Waals surface area contributed by atoms with E-state index >= 15 is 0 Å². The molecule has 1 aliphatic rings. The van der Waals surface area contributed by atoms with E-state index in [2.05, 4.69) is 25.7 Å². The molecule has 1 saturated carbocycles. The number of alkyl halides is 3. The summed E-state index contributed by atoms with van der Waals surface area (Å²) < 4.78 is 40.2. The molecule has 0 unspecified atom stereocenters. The number of hydrogen-bond donors (Lipinski definition) is 2. The Hall–Kier alpha value is -4.41. The predicted molar refractivity (Wildman–Crippen MR) is 147 cm³/mol. The van der Waals surface area contributed by atoms with Gasteiger partial charge in [-0.3, -0.25) is 9.58 Å². The number of rotatable bonds is 7. The molecular weight excluding hydrogens is 519 g/mol. The zero-order chi connectivity index (χ0) is 28.1. The number of hydrogen-bond acceptors (Lipinski definition) is 5. The number of carbonyl (C=O) groups excluding carboxylic acids is 1. The monoisotopic (exact) mass is 549 g/mol. The van der Waals surface area contributed by atoms with Gasteiger partial charge in [-0.1, -0.05) is 42.5 Å². The predicted octanol–water partition coefficient (Wildman–Crippen LogP) is 6.04. The highest BCUT2D eigenvalue weighted by Gasteiger charge is 2.32. The van der Waals surface area contributed by atoms with Gasteiger partial charge < -0.3 is 10.6 Å². The van der Waals surface area contributed by atoms with Gasteiger partial charge in [-0.15, -0.1) is 0 Å². The van der Waals surface area contributed by atoms with Crippen molar-refractivity contribution in [3.8, 4) is 11.1 Å². The van der Waals surface area contributed by atoms with Gasteiger partial charge in [0.25, 0.3) is 0 Å². The zero-order valence-corrected chi connectivity index (χ0v) is 22.0. The van der Waals surface area contributed by atoms with Gasteiger partial charge in [0, 0.05) is 55.5 Å². The topological polar surface area (TPSA) is 88.0 Å². The van der Waals surface area contributed by atoms with E-state index in [-0.39, 0.29) is 24.1 Å². The maximum atomic E-state index is 13.5. The van der Waals surface area contributed by atoms with Gasteiger partial charge in [-0.05, 0) is 48.9 Å². The average Bonchev–Trinajstić information content (AvgIpc) is 3.40. The lowest BCUT2D eigenvalue weighted by molar-refractivity contribution is -0.138. The number of benzene rings is 2. The number of aryl methyl sites for hydroxylation is 1. The first-order valence-corrected chi connectivity index (χ1v) is 13.1. The number of urea groups is 1. The molecule has 11 heteroatoms. The summed E-state index contributed by atoms with van der Waals surface area (Å²) in [6.45, 7) is 0.409. The maximum absolute atomic E-state index is 13.5. The third kappa shape index (κ3) is 6.59. The molecule has 2 N–H and O–H groups in total. The van der Waals surface area contributed by atoms with Crippen LogP contribution in [0.4, 0.5) is 29.6 Å². The Balaban J connectivity index is 1.28. The summed E-state index contributed by atoms with van der Waals surface area (Å²) in [5.74, 6) is 0.167. The second-order valence-corrected chi connectivity index (χ2v) is 9.91. The minimum atomic E-state index is -4.47. The smallest absolute Gasteiger partial charge is 0.351 e. The molecule has 0 aliphatic heterocycles. The molecule has 2 aromatic carbocycles. The quantitative estimate of drug-likeness (QED) is 0.294. The number of nitrogens with one attached hydrogen (secondary N) is 2. The van der Waals surface area contributed by atoms with Gasteiger partial charge in [-0.2, -0.15) is 18.3 Å². The molecule has 40 heavy (non-hydrogen) atoms. The lowest BCUT2D eigenvalue weighted by Crippen LogP contribution is -2.48. The summed E-state index contributed by atoms with van der Waals surface area (Å²) in [4.78, 5) is 23.0. The summed E-state index contributed by atoms with van der Waals surface area (Å²) in [5.41, 5.74) is 2.92. The van der Waals surface area contributed by atoms with Crippen molar-refractivity contribution in [3.05, 3.63) is 90.5 Å². The average molecular weight is 550 g/mol. The van der Waals surface area contributed by atoms with Crippen LogP contribution in [-0.4, -0.2) is 37.9 Å². The van der Waals surface area contributed by atoms with Crippen LogP contribution in [0.25, 0.3) is 11.1 Å². The number of anilines is 2. The number of carbonyl (C=O) groups is 1. The number of nitrogens with zero attached hydrogens (tertiary/aromatic N) is 5. The second kappa shape index (κ2) is 11.8. The first-order valence-electron chi connectivity index (χ1n) is 13.1. The van der Waals surface area contributed by atoms with Crippen molar-refractivity contribution in [1.29, 1.82) is 0 Å². The molecule has 2 amide bonds. The Morgan fingerprint density at radius 2 is 1.62 bits per heavy atom. The van der Waals surface area contributed by atoms with Crippen LogP contribution in [0.5, 0.6) is 0 Å². The fraction of sp³-hybridized carbons (Fsp3) is 0.310. The summed E-state index contributed by atoms with van der Waals surface area (Å²) in [5, 5.41) is 10.4. The molecule has 1 aliphatic carbocycles. The van der Waals surface area contributed by atoms with Crippen LogP contribution >= 0.6 is 0 Å². The van der Waals surface area contributed by atoms with E-state index in [0.29, 0.717) is 32.2 Å². The van der Waals surface area contributed by atoms with Crippen LogP contribution in [0.15, 0.2) is 79.4 Å². The Bertz CT molecular complexity index is 1400. The summed E-state index contributed by atoms with van der Waals surface area (Å²) in [6.07, 6.45) is 3.68. The molecule has 5 rings (SSSR count). The van der Waals surface area contributed by atoms with Crippen LogP contribution < -0.4 is 15.5 Å². The highest BCUT2D eigenvalue weighted by Crippen LogP contribution is 2.31. The van der Waals surface area contributed by atoms with E-state index in [9.17, 15) is 18.0 Å². The summed E-state index contributed by atoms with van der Waals surface area (Å²) in [7, 11) is 1.87. The fourth-order valence-electron chi connectivity index (χ4n) is 4.95. The fourth-order valence-corrected chi connectivity index (χ4v) is 4.95. The SMILES string of the molecule is Cn1cc(-c2ccc(N(C(=O)NCc3ccccc3)[C@H]3CC[C@H](Nc4ncc(C(F)(F)F)cn4)CC3)cc2)cn1. The molecular formula is C29H30F3N7O. The summed E-state index contributed by atoms with van der Waals surface area (Å²) >= 11 is 0. The number of amides is 2. The Morgan fingerprint density at radius 1 is 0.950 bits per heavy atom. The minimum absolute atomic E-state index is 0.00447. The van der Waals surface area contributed by atoms with Crippen molar-refractivity contribution in [3.63, 3.8) is 0 Å². The Labute approximate surface area is 230 Å². The van der Waals surface area contributed by atoms with Crippen molar-refractivity contribution in [2.24, 2.45) is 7.05 Å². The Kier molecular flexibility index (Phi) is 7.99. The first kappa shape index (κ1) is 27.2. The van der Waals surface area contributed by atoms with Crippen molar-refractivity contribution >= 4 is 17.7 Å². The minimum Gasteiger partial charge on any atom is -0.351 e. The molecule has 2 aromatic heterocycles. The third-order valence-electron chi connectivity index (χ3n) is 7.06. The molecule has 208 valence electrons. The van der Waals surface area contributed by atoms with Crippen molar-refractivity contribution < 1.29 is 18.0 Å². The molecule has 8 nitrogen and oxygen atoms in total. The van der Waals surface area contributed by atoms with Crippen molar-refractivity contribution in [1.82, 2.24) is 25.1 Å². The molecule has 0 spiro atoms. The van der Waals surface area contributed by atoms with Gasteiger partial charge in [0.2, 0.25) is 5.95 Å². The molecule has 0 saturated heterocycles. The second-order valence-electron chi connectivity index (χ2n) is 9.91. The standard InChI is InChI=1S/C29H30F3N7O/c1-38-19-22(16-36-38)21-7-11-25(12-8-21)39(28(40)35-15-20-5-3-2-4-6-20)26-13-9-24(10-14-26)37-27-33-17-23(18-34-27)29(30,31)32/h2-8,11-12,16-19,24,26H,9-10,13-15H2,1H3,(H,35,40)(H,33,34,37)/t24-,26-. The summed E-state index contributed by atoms with van der Waals surface area (Å²) in [6, 6.07) is 17.4. The van der Waals surface area contributed by atoms with Crippen LogP contribution in [-0.2, 0) is 19.8 Å². The molecule has 0 atom stereocenters. The van der Waals surface area contributed by atoms with Crippen molar-refractivity contribution in [2.75, 3.05) is 10.2 Å². The lowest BCUT2D eigenvalue weighted by Gasteiger charge is -2.37. The van der Waals surface area contributed by atoms with E-state index in [1.165, 1.54) is 0 Å². The van der Waals surface area contributed by atoms with Gasteiger partial charge in [0.15, 0.2) is 0 Å². The molecule has 4 aromatic rings. The third-order valence-corrected chi connectivity index (χ3v) is 7.06. The van der Waals surface area contributed by atoms with Gasteiger partial charge in [0.05, 0.1) is 11.8 Å². The van der Waals surface area contributed by atoms with Crippen LogP contribution in [0, 0.1) is 0 Å².